The van der Waals surface area contributed by atoms with Gasteiger partial charge in [0.05, 0.1) is 36.1 Å². The smallest absolute Gasteiger partial charge is 0.158 e. The number of aromatic nitrogens is 3. The Morgan fingerprint density at radius 3 is 2.79 bits per heavy atom. The Balaban J connectivity index is 1.52. The van der Waals surface area contributed by atoms with Crippen LogP contribution in [0, 0.1) is 17.2 Å². The second-order valence-corrected chi connectivity index (χ2v) is 7.59. The van der Waals surface area contributed by atoms with E-state index in [0.29, 0.717) is 24.1 Å². The highest BCUT2D eigenvalue weighted by Gasteiger charge is 2.23. The van der Waals surface area contributed by atoms with Crippen LogP contribution in [0.5, 0.6) is 0 Å². The SMILES string of the molecule is N#Cc1cnc(Nc2cc(NCC3CCCNC3)c(N3CCC(O)C3)cn2)cn1. The largest absolute Gasteiger partial charge is 0.391 e. The second-order valence-electron chi connectivity index (χ2n) is 7.59. The van der Waals surface area contributed by atoms with Gasteiger partial charge in [-0.1, -0.05) is 0 Å². The van der Waals surface area contributed by atoms with Crippen LogP contribution in [-0.4, -0.2) is 58.9 Å². The van der Waals surface area contributed by atoms with Gasteiger partial charge in [-0.2, -0.15) is 5.26 Å². The molecule has 9 heteroatoms. The van der Waals surface area contributed by atoms with E-state index in [2.05, 4.69) is 35.8 Å². The maximum Gasteiger partial charge on any atom is 0.158 e. The first kappa shape index (κ1) is 19.4. The van der Waals surface area contributed by atoms with E-state index in [9.17, 15) is 5.11 Å². The number of aliphatic hydroxyl groups excluding tert-OH is 1. The van der Waals surface area contributed by atoms with Crippen LogP contribution in [0.4, 0.5) is 23.0 Å². The molecule has 4 heterocycles. The minimum absolute atomic E-state index is 0.273. The average molecular weight is 394 g/mol. The fourth-order valence-electron chi connectivity index (χ4n) is 3.80. The Morgan fingerprint density at radius 1 is 1.21 bits per heavy atom. The number of β-amino-alcohol motifs (C(OH)–C–C–N with tert-alkyl or cyclic N) is 1. The van der Waals surface area contributed by atoms with Crippen molar-refractivity contribution in [3.63, 3.8) is 0 Å². The lowest BCUT2D eigenvalue weighted by Gasteiger charge is -2.26. The monoisotopic (exact) mass is 394 g/mol. The predicted octanol–water partition coefficient (Wildman–Crippen LogP) is 1.47. The summed E-state index contributed by atoms with van der Waals surface area (Å²) in [5, 5.41) is 29.0. The Morgan fingerprint density at radius 2 is 2.10 bits per heavy atom. The molecule has 0 saturated carbocycles. The van der Waals surface area contributed by atoms with Gasteiger partial charge >= 0.3 is 0 Å². The molecule has 4 rings (SSSR count). The number of hydrogen-bond donors (Lipinski definition) is 4. The highest BCUT2D eigenvalue weighted by molar-refractivity contribution is 5.73. The molecule has 0 radical (unpaired) electrons. The third kappa shape index (κ3) is 4.91. The minimum Gasteiger partial charge on any atom is -0.391 e. The summed E-state index contributed by atoms with van der Waals surface area (Å²) in [5.41, 5.74) is 2.26. The molecular formula is C20H26N8O. The van der Waals surface area contributed by atoms with Crippen molar-refractivity contribution in [2.75, 3.05) is 48.3 Å². The molecule has 0 bridgehead atoms. The van der Waals surface area contributed by atoms with E-state index in [4.69, 9.17) is 5.26 Å². The van der Waals surface area contributed by atoms with Crippen molar-refractivity contribution in [1.29, 1.82) is 5.26 Å². The van der Waals surface area contributed by atoms with E-state index in [1.165, 1.54) is 25.2 Å². The van der Waals surface area contributed by atoms with E-state index in [1.54, 1.807) is 0 Å². The summed E-state index contributed by atoms with van der Waals surface area (Å²) in [6, 6.07) is 3.93. The lowest BCUT2D eigenvalue weighted by atomic mass is 10.00. The van der Waals surface area contributed by atoms with Crippen LogP contribution in [-0.2, 0) is 0 Å². The van der Waals surface area contributed by atoms with Gasteiger partial charge in [0.1, 0.15) is 17.7 Å². The van der Waals surface area contributed by atoms with Crippen molar-refractivity contribution in [3.05, 3.63) is 30.4 Å². The van der Waals surface area contributed by atoms with Crippen LogP contribution in [0.25, 0.3) is 0 Å². The molecule has 0 aromatic carbocycles. The summed E-state index contributed by atoms with van der Waals surface area (Å²) in [6.45, 7) is 4.45. The van der Waals surface area contributed by atoms with Gasteiger partial charge < -0.3 is 26.0 Å². The lowest BCUT2D eigenvalue weighted by Crippen LogP contribution is -2.33. The van der Waals surface area contributed by atoms with Gasteiger partial charge in [-0.3, -0.25) is 0 Å². The van der Waals surface area contributed by atoms with Gasteiger partial charge in [0.15, 0.2) is 5.69 Å². The van der Waals surface area contributed by atoms with Crippen LogP contribution >= 0.6 is 0 Å². The first-order chi connectivity index (χ1) is 14.2. The Bertz CT molecular complexity index is 860. The zero-order chi connectivity index (χ0) is 20.1. The number of pyridine rings is 1. The normalized spacial score (nSPS) is 21.6. The van der Waals surface area contributed by atoms with Crippen LogP contribution in [0.2, 0.25) is 0 Å². The first-order valence-corrected chi connectivity index (χ1v) is 10.1. The molecule has 0 spiro atoms. The molecule has 2 unspecified atom stereocenters. The molecule has 0 aliphatic carbocycles. The maximum absolute atomic E-state index is 9.94. The molecule has 152 valence electrons. The van der Waals surface area contributed by atoms with Gasteiger partial charge in [0.2, 0.25) is 0 Å². The topological polar surface area (TPSA) is 122 Å². The Hall–Kier alpha value is -2.96. The molecule has 2 saturated heterocycles. The average Bonchev–Trinajstić information content (AvgIpc) is 3.20. The van der Waals surface area contributed by atoms with Gasteiger partial charge in [-0.25, -0.2) is 15.0 Å². The van der Waals surface area contributed by atoms with E-state index in [0.717, 1.165) is 44.0 Å². The van der Waals surface area contributed by atoms with Crippen LogP contribution in [0.3, 0.4) is 0 Å². The molecule has 2 aliphatic heterocycles. The van der Waals surface area contributed by atoms with E-state index >= 15 is 0 Å². The summed E-state index contributed by atoms with van der Waals surface area (Å²) in [4.78, 5) is 14.9. The molecule has 0 amide bonds. The summed E-state index contributed by atoms with van der Waals surface area (Å²) in [6.07, 6.45) is 7.68. The first-order valence-electron chi connectivity index (χ1n) is 10.1. The number of hydrogen-bond acceptors (Lipinski definition) is 9. The number of nitrogens with zero attached hydrogens (tertiary/aromatic N) is 5. The maximum atomic E-state index is 9.94. The number of piperidine rings is 1. The third-order valence-corrected chi connectivity index (χ3v) is 5.39. The fraction of sp³-hybridized carbons (Fsp3) is 0.500. The summed E-state index contributed by atoms with van der Waals surface area (Å²) in [5.74, 6) is 1.77. The zero-order valence-electron chi connectivity index (χ0n) is 16.3. The van der Waals surface area contributed by atoms with Crippen LogP contribution in [0.1, 0.15) is 25.0 Å². The third-order valence-electron chi connectivity index (χ3n) is 5.39. The highest BCUT2D eigenvalue weighted by atomic mass is 16.3. The molecule has 9 nitrogen and oxygen atoms in total. The van der Waals surface area contributed by atoms with E-state index in [1.807, 2.05) is 18.3 Å². The van der Waals surface area contributed by atoms with Crippen molar-refractivity contribution < 1.29 is 5.11 Å². The van der Waals surface area contributed by atoms with E-state index < -0.39 is 0 Å². The summed E-state index contributed by atoms with van der Waals surface area (Å²) >= 11 is 0. The summed E-state index contributed by atoms with van der Waals surface area (Å²) < 4.78 is 0. The quantitative estimate of drug-likeness (QED) is 0.577. The molecular weight excluding hydrogens is 368 g/mol. The second kappa shape index (κ2) is 9.03. The highest BCUT2D eigenvalue weighted by Crippen LogP contribution is 2.31. The molecule has 2 aromatic rings. The predicted molar refractivity (Wildman–Crippen MR) is 111 cm³/mol. The van der Waals surface area contributed by atoms with Crippen LogP contribution in [0.15, 0.2) is 24.7 Å². The van der Waals surface area contributed by atoms with Gasteiger partial charge in [-0.05, 0) is 38.3 Å². The van der Waals surface area contributed by atoms with Crippen molar-refractivity contribution in [2.24, 2.45) is 5.92 Å². The lowest BCUT2D eigenvalue weighted by molar-refractivity contribution is 0.198. The molecule has 2 aromatic heterocycles. The van der Waals surface area contributed by atoms with Crippen molar-refractivity contribution in [2.45, 2.75) is 25.4 Å². The molecule has 4 N–H and O–H groups in total. The van der Waals surface area contributed by atoms with Gasteiger partial charge in [0.25, 0.3) is 0 Å². The molecule has 2 aliphatic rings. The standard InChI is InChI=1S/C20H26N8O/c21-7-15-10-25-20(12-23-15)27-19-6-17(24-9-14-2-1-4-22-8-14)18(11-26-19)28-5-3-16(29)13-28/h6,10-12,14,16,22,29H,1-5,8-9,13H2,(H2,24,25,26,27). The fourth-order valence-corrected chi connectivity index (χ4v) is 3.80. The minimum atomic E-state index is -0.294. The number of nitrogens with one attached hydrogen (secondary N) is 3. The van der Waals surface area contributed by atoms with Gasteiger partial charge in [0, 0.05) is 25.7 Å². The number of rotatable bonds is 6. The molecule has 2 atom stereocenters. The molecule has 2 fully saturated rings. The number of anilines is 4. The Labute approximate surface area is 170 Å². The number of nitriles is 1. The van der Waals surface area contributed by atoms with Crippen LogP contribution < -0.4 is 20.9 Å². The molecule has 29 heavy (non-hydrogen) atoms. The summed E-state index contributed by atoms with van der Waals surface area (Å²) in [7, 11) is 0. The number of aliphatic hydroxyl groups is 1. The van der Waals surface area contributed by atoms with Gasteiger partial charge in [-0.15, -0.1) is 0 Å². The zero-order valence-corrected chi connectivity index (χ0v) is 16.3. The van der Waals surface area contributed by atoms with Crippen molar-refractivity contribution in [1.82, 2.24) is 20.3 Å². The Kier molecular flexibility index (Phi) is 6.03. The van der Waals surface area contributed by atoms with Crippen molar-refractivity contribution in [3.8, 4) is 6.07 Å². The van der Waals surface area contributed by atoms with E-state index in [-0.39, 0.29) is 11.8 Å². The van der Waals surface area contributed by atoms with Crippen molar-refractivity contribution >= 4 is 23.0 Å².